The summed E-state index contributed by atoms with van der Waals surface area (Å²) in [6, 6.07) is 24.8. The molecule has 0 amide bonds. The molecule has 4 nitrogen and oxygen atoms in total. The van der Waals surface area contributed by atoms with Gasteiger partial charge in [-0.25, -0.2) is 9.55 Å². The van der Waals surface area contributed by atoms with E-state index in [-0.39, 0.29) is 5.56 Å². The molecule has 0 atom stereocenters. The van der Waals surface area contributed by atoms with E-state index in [9.17, 15) is 4.79 Å². The van der Waals surface area contributed by atoms with Crippen LogP contribution in [0.15, 0.2) is 83.7 Å². The first-order valence-electron chi connectivity index (χ1n) is 8.26. The molecule has 0 aliphatic carbocycles. The highest BCUT2D eigenvalue weighted by Crippen LogP contribution is 2.21. The van der Waals surface area contributed by atoms with E-state index in [1.807, 2.05) is 83.3 Å². The van der Waals surface area contributed by atoms with Gasteiger partial charge in [-0.2, -0.15) is 0 Å². The van der Waals surface area contributed by atoms with Gasteiger partial charge in [0, 0.05) is 5.39 Å². The molecule has 0 bridgehead atoms. The van der Waals surface area contributed by atoms with Crippen LogP contribution in [0.25, 0.3) is 33.3 Å². The molecule has 26 heavy (non-hydrogen) atoms. The summed E-state index contributed by atoms with van der Waals surface area (Å²) < 4.78 is 4.16. The normalized spacial score (nSPS) is 11.4. The summed E-state index contributed by atoms with van der Waals surface area (Å²) in [6.07, 6.45) is 0. The minimum atomic E-state index is -0.107. The van der Waals surface area contributed by atoms with Crippen LogP contribution < -0.4 is 5.56 Å². The molecule has 0 saturated heterocycles. The van der Waals surface area contributed by atoms with Crippen molar-refractivity contribution < 1.29 is 0 Å². The molecule has 2 aromatic heterocycles. The molecular formula is C21H13N3OS. The van der Waals surface area contributed by atoms with Crippen molar-refractivity contribution in [3.8, 4) is 5.69 Å². The van der Waals surface area contributed by atoms with E-state index in [1.54, 1.807) is 4.57 Å². The number of fused-ring (bicyclic) bond motifs is 4. The Morgan fingerprint density at radius 1 is 0.769 bits per heavy atom. The second-order valence-electron chi connectivity index (χ2n) is 6.06. The van der Waals surface area contributed by atoms with Crippen LogP contribution in [0, 0.1) is 4.64 Å². The van der Waals surface area contributed by atoms with Gasteiger partial charge >= 0.3 is 0 Å². The highest BCUT2D eigenvalue weighted by Gasteiger charge is 2.14. The monoisotopic (exact) mass is 355 g/mol. The Bertz CT molecular complexity index is 1420. The fraction of sp³-hybridized carbons (Fsp3) is 0. The maximum Gasteiger partial charge on any atom is 0.267 e. The smallest absolute Gasteiger partial charge is 0.267 e. The van der Waals surface area contributed by atoms with E-state index in [2.05, 4.69) is 0 Å². The zero-order valence-corrected chi connectivity index (χ0v) is 14.5. The van der Waals surface area contributed by atoms with Gasteiger partial charge in [0.25, 0.3) is 5.56 Å². The van der Waals surface area contributed by atoms with Gasteiger partial charge in [0.15, 0.2) is 0 Å². The van der Waals surface area contributed by atoms with Crippen LogP contribution in [0.3, 0.4) is 0 Å². The molecule has 0 aliphatic rings. The number of aromatic nitrogens is 3. The van der Waals surface area contributed by atoms with E-state index in [0.29, 0.717) is 15.8 Å². The second kappa shape index (κ2) is 5.61. The highest BCUT2D eigenvalue weighted by atomic mass is 32.1. The third-order valence-corrected chi connectivity index (χ3v) is 4.95. The fourth-order valence-electron chi connectivity index (χ4n) is 3.36. The van der Waals surface area contributed by atoms with Crippen LogP contribution in [0.4, 0.5) is 0 Å². The Hall–Kier alpha value is -3.31. The van der Waals surface area contributed by atoms with Crippen molar-refractivity contribution in [1.29, 1.82) is 0 Å². The van der Waals surface area contributed by atoms with Crippen LogP contribution in [0.1, 0.15) is 0 Å². The summed E-state index contributed by atoms with van der Waals surface area (Å²) in [5.74, 6) is 0.517. The molecule has 0 unspecified atom stereocenters. The van der Waals surface area contributed by atoms with Crippen molar-refractivity contribution in [1.82, 2.24) is 14.0 Å². The molecule has 5 aromatic rings. The first-order valence-corrected chi connectivity index (χ1v) is 8.67. The minimum Gasteiger partial charge on any atom is -0.269 e. The maximum absolute atomic E-state index is 13.3. The third kappa shape index (κ3) is 2.04. The first-order chi connectivity index (χ1) is 12.8. The molecule has 0 radical (unpaired) electrons. The predicted octanol–water partition coefficient (Wildman–Crippen LogP) is 4.52. The lowest BCUT2D eigenvalue weighted by atomic mass is 10.2. The number of hydrogen-bond acceptors (Lipinski definition) is 3. The highest BCUT2D eigenvalue weighted by molar-refractivity contribution is 7.71. The lowest BCUT2D eigenvalue weighted by Gasteiger charge is -2.15. The number of para-hydroxylation sites is 3. The van der Waals surface area contributed by atoms with Crippen LogP contribution in [0.5, 0.6) is 0 Å². The molecular weight excluding hydrogens is 342 g/mol. The average molecular weight is 355 g/mol. The van der Waals surface area contributed by atoms with Crippen molar-refractivity contribution >= 4 is 39.8 Å². The standard InChI is InChI=1S/C21H13N3OS/c25-19-16-11-5-7-13-18(16)24-20(26)15-10-4-6-12-17(15)22-21(24)23(19)14-8-2-1-3-9-14/h1-13H. The second-order valence-corrected chi connectivity index (χ2v) is 6.45. The van der Waals surface area contributed by atoms with Crippen LogP contribution in [-0.2, 0) is 0 Å². The summed E-state index contributed by atoms with van der Waals surface area (Å²) >= 11 is 5.78. The lowest BCUT2D eigenvalue weighted by Crippen LogP contribution is -2.23. The van der Waals surface area contributed by atoms with E-state index >= 15 is 0 Å². The van der Waals surface area contributed by atoms with Crippen LogP contribution in [-0.4, -0.2) is 14.0 Å². The summed E-state index contributed by atoms with van der Waals surface area (Å²) in [5.41, 5.74) is 2.20. The van der Waals surface area contributed by atoms with Gasteiger partial charge in [0.1, 0.15) is 4.64 Å². The Labute approximate surface area is 153 Å². The quantitative estimate of drug-likeness (QED) is 0.252. The van der Waals surface area contributed by atoms with Crippen molar-refractivity contribution in [3.63, 3.8) is 0 Å². The van der Waals surface area contributed by atoms with Gasteiger partial charge in [-0.05, 0) is 36.4 Å². The topological polar surface area (TPSA) is 39.3 Å². The average Bonchev–Trinajstić information content (AvgIpc) is 2.69. The number of benzene rings is 3. The Kier molecular flexibility index (Phi) is 3.23. The molecule has 0 N–H and O–H groups in total. The summed E-state index contributed by atoms with van der Waals surface area (Å²) in [4.78, 5) is 18.1. The van der Waals surface area contributed by atoms with Crippen molar-refractivity contribution in [2.24, 2.45) is 0 Å². The minimum absolute atomic E-state index is 0.107. The van der Waals surface area contributed by atoms with Gasteiger partial charge in [-0.1, -0.05) is 54.7 Å². The van der Waals surface area contributed by atoms with Crippen molar-refractivity contribution in [2.45, 2.75) is 0 Å². The molecule has 0 fully saturated rings. The van der Waals surface area contributed by atoms with Gasteiger partial charge in [0.2, 0.25) is 5.78 Å². The lowest BCUT2D eigenvalue weighted by molar-refractivity contribution is 0.952. The molecule has 5 heteroatoms. The molecule has 5 rings (SSSR count). The number of rotatable bonds is 1. The summed E-state index contributed by atoms with van der Waals surface area (Å²) in [5, 5.41) is 1.50. The maximum atomic E-state index is 13.3. The van der Waals surface area contributed by atoms with Crippen molar-refractivity contribution in [3.05, 3.63) is 93.9 Å². The van der Waals surface area contributed by atoms with E-state index in [4.69, 9.17) is 17.2 Å². The number of hydrogen-bond donors (Lipinski definition) is 0. The summed E-state index contributed by atoms with van der Waals surface area (Å²) in [6.45, 7) is 0. The predicted molar refractivity (Wildman–Crippen MR) is 107 cm³/mol. The van der Waals surface area contributed by atoms with Gasteiger partial charge in [-0.3, -0.25) is 9.20 Å². The van der Waals surface area contributed by atoms with Crippen LogP contribution in [0.2, 0.25) is 0 Å². The van der Waals surface area contributed by atoms with Gasteiger partial charge in [0.05, 0.1) is 22.1 Å². The van der Waals surface area contributed by atoms with E-state index < -0.39 is 0 Å². The first kappa shape index (κ1) is 15.0. The van der Waals surface area contributed by atoms with Gasteiger partial charge in [-0.15, -0.1) is 0 Å². The fourth-order valence-corrected chi connectivity index (χ4v) is 3.71. The third-order valence-electron chi connectivity index (χ3n) is 4.55. The number of nitrogens with zero attached hydrogens (tertiary/aromatic N) is 3. The van der Waals surface area contributed by atoms with E-state index in [1.165, 1.54) is 0 Å². The zero-order chi connectivity index (χ0) is 17.7. The molecule has 124 valence electrons. The Balaban J connectivity index is 2.15. The van der Waals surface area contributed by atoms with Crippen molar-refractivity contribution in [2.75, 3.05) is 0 Å². The molecule has 3 aromatic carbocycles. The van der Waals surface area contributed by atoms with Gasteiger partial charge < -0.3 is 0 Å². The summed E-state index contributed by atoms with van der Waals surface area (Å²) in [7, 11) is 0. The SMILES string of the molecule is O=c1c2ccccc2n2c(=S)c3ccccc3nc2n1-c1ccccc1. The Morgan fingerprint density at radius 3 is 2.23 bits per heavy atom. The molecule has 0 saturated carbocycles. The largest absolute Gasteiger partial charge is 0.269 e. The zero-order valence-electron chi connectivity index (χ0n) is 13.7. The Morgan fingerprint density at radius 2 is 1.42 bits per heavy atom. The van der Waals surface area contributed by atoms with E-state index in [0.717, 1.165) is 22.1 Å². The molecule has 0 aliphatic heterocycles. The van der Waals surface area contributed by atoms with Crippen LogP contribution >= 0.6 is 12.2 Å². The molecule has 2 heterocycles. The molecule has 0 spiro atoms.